The molecule has 0 heterocycles. The third-order valence-electron chi connectivity index (χ3n) is 4.10. The van der Waals surface area contributed by atoms with Crippen LogP contribution >= 0.6 is 0 Å². The van der Waals surface area contributed by atoms with Crippen LogP contribution in [0, 0.1) is 0 Å². The molecule has 3 nitrogen and oxygen atoms in total. The zero-order chi connectivity index (χ0) is 14.1. The van der Waals surface area contributed by atoms with Gasteiger partial charge in [0.2, 0.25) is 0 Å². The molecule has 1 aliphatic rings. The van der Waals surface area contributed by atoms with Crippen LogP contribution in [0.25, 0.3) is 0 Å². The van der Waals surface area contributed by atoms with E-state index in [1.165, 1.54) is 5.56 Å². The Kier molecular flexibility index (Phi) is 3.68. The van der Waals surface area contributed by atoms with E-state index in [0.717, 1.165) is 18.4 Å². The van der Waals surface area contributed by atoms with Crippen LogP contribution in [0.15, 0.2) is 24.3 Å². The van der Waals surface area contributed by atoms with E-state index >= 15 is 0 Å². The largest absolute Gasteiger partial charge is 0.481 e. The van der Waals surface area contributed by atoms with Crippen molar-refractivity contribution in [2.24, 2.45) is 0 Å². The average molecular weight is 262 g/mol. The van der Waals surface area contributed by atoms with E-state index in [-0.39, 0.29) is 17.3 Å². The molecule has 1 N–H and O–H groups in total. The minimum Gasteiger partial charge on any atom is -0.481 e. The molecule has 2 rings (SSSR count). The summed E-state index contributed by atoms with van der Waals surface area (Å²) in [6.07, 6.45) is 2.20. The van der Waals surface area contributed by atoms with Gasteiger partial charge in [-0.15, -0.1) is 0 Å². The molecular formula is C16H22O3. The van der Waals surface area contributed by atoms with Crippen molar-refractivity contribution in [2.75, 3.05) is 13.7 Å². The van der Waals surface area contributed by atoms with Crippen molar-refractivity contribution in [3.8, 4) is 0 Å². The highest BCUT2D eigenvalue weighted by atomic mass is 16.5. The number of aliphatic carboxylic acids is 1. The molecule has 0 unspecified atom stereocenters. The van der Waals surface area contributed by atoms with Crippen molar-refractivity contribution < 1.29 is 14.6 Å². The summed E-state index contributed by atoms with van der Waals surface area (Å²) in [5.41, 5.74) is 2.20. The highest BCUT2D eigenvalue weighted by molar-refractivity contribution is 5.70. The van der Waals surface area contributed by atoms with Crippen molar-refractivity contribution in [2.45, 2.75) is 43.9 Å². The second-order valence-electron chi connectivity index (χ2n) is 6.25. The Labute approximate surface area is 114 Å². The molecule has 0 saturated heterocycles. The lowest BCUT2D eigenvalue weighted by Gasteiger charge is -2.26. The minimum atomic E-state index is -0.709. The molecule has 0 radical (unpaired) electrons. The molecular weight excluding hydrogens is 240 g/mol. The van der Waals surface area contributed by atoms with Crippen LogP contribution in [0.3, 0.4) is 0 Å². The van der Waals surface area contributed by atoms with E-state index in [0.29, 0.717) is 6.61 Å². The molecule has 0 aromatic heterocycles. The van der Waals surface area contributed by atoms with E-state index in [1.54, 1.807) is 7.11 Å². The fourth-order valence-corrected chi connectivity index (χ4v) is 2.72. The molecule has 1 aliphatic carbocycles. The van der Waals surface area contributed by atoms with Crippen molar-refractivity contribution in [1.29, 1.82) is 0 Å². The topological polar surface area (TPSA) is 46.5 Å². The SMILES string of the molecule is COCC(C)(C)c1cccc(C2(CC(=O)O)CC2)c1. The van der Waals surface area contributed by atoms with Gasteiger partial charge in [0, 0.05) is 17.9 Å². The van der Waals surface area contributed by atoms with Gasteiger partial charge in [-0.3, -0.25) is 4.79 Å². The molecule has 104 valence electrons. The number of hydrogen-bond acceptors (Lipinski definition) is 2. The van der Waals surface area contributed by atoms with Crippen molar-refractivity contribution in [1.82, 2.24) is 0 Å². The monoisotopic (exact) mass is 262 g/mol. The Morgan fingerprint density at radius 3 is 2.63 bits per heavy atom. The molecule has 0 spiro atoms. The first-order chi connectivity index (χ1) is 8.89. The van der Waals surface area contributed by atoms with Gasteiger partial charge in [0.05, 0.1) is 13.0 Å². The quantitative estimate of drug-likeness (QED) is 0.856. The molecule has 1 aromatic carbocycles. The van der Waals surface area contributed by atoms with Crippen LogP contribution < -0.4 is 0 Å². The van der Waals surface area contributed by atoms with Crippen LogP contribution in [0.5, 0.6) is 0 Å². The first-order valence-electron chi connectivity index (χ1n) is 6.71. The van der Waals surface area contributed by atoms with Gasteiger partial charge >= 0.3 is 5.97 Å². The second kappa shape index (κ2) is 4.97. The predicted molar refractivity (Wildman–Crippen MR) is 74.5 cm³/mol. The molecule has 3 heteroatoms. The number of ether oxygens (including phenoxy) is 1. The van der Waals surface area contributed by atoms with Crippen LogP contribution in [-0.2, 0) is 20.4 Å². The normalized spacial score (nSPS) is 17.2. The second-order valence-corrected chi connectivity index (χ2v) is 6.25. The van der Waals surface area contributed by atoms with Crippen molar-refractivity contribution in [3.63, 3.8) is 0 Å². The van der Waals surface area contributed by atoms with Crippen molar-refractivity contribution in [3.05, 3.63) is 35.4 Å². The Bertz CT molecular complexity index is 473. The summed E-state index contributed by atoms with van der Waals surface area (Å²) < 4.78 is 5.27. The van der Waals surface area contributed by atoms with E-state index in [4.69, 9.17) is 9.84 Å². The fraction of sp³-hybridized carbons (Fsp3) is 0.562. The first-order valence-corrected chi connectivity index (χ1v) is 6.71. The standard InChI is InChI=1S/C16H22O3/c1-15(2,11-19-3)12-5-4-6-13(9-12)16(7-8-16)10-14(17)18/h4-6,9H,7-8,10-11H2,1-3H3,(H,17,18). The van der Waals surface area contributed by atoms with E-state index in [1.807, 2.05) is 6.07 Å². The summed E-state index contributed by atoms with van der Waals surface area (Å²) >= 11 is 0. The number of benzene rings is 1. The third-order valence-corrected chi connectivity index (χ3v) is 4.10. The highest BCUT2D eigenvalue weighted by Crippen LogP contribution is 2.51. The average Bonchev–Trinajstić information content (AvgIpc) is 3.09. The highest BCUT2D eigenvalue weighted by Gasteiger charge is 2.46. The maximum atomic E-state index is 11.0. The van der Waals surface area contributed by atoms with E-state index in [2.05, 4.69) is 32.0 Å². The summed E-state index contributed by atoms with van der Waals surface area (Å²) in [5, 5.41) is 9.04. The maximum absolute atomic E-state index is 11.0. The Morgan fingerprint density at radius 2 is 2.11 bits per heavy atom. The van der Waals surface area contributed by atoms with Crippen LogP contribution in [0.4, 0.5) is 0 Å². The summed E-state index contributed by atoms with van der Waals surface area (Å²) in [5.74, 6) is -0.709. The number of rotatable bonds is 6. The molecule has 1 saturated carbocycles. The Balaban J connectivity index is 2.27. The van der Waals surface area contributed by atoms with Gasteiger partial charge < -0.3 is 9.84 Å². The number of hydrogen-bond donors (Lipinski definition) is 1. The van der Waals surface area contributed by atoms with Crippen molar-refractivity contribution >= 4 is 5.97 Å². The number of carboxylic acids is 1. The van der Waals surface area contributed by atoms with Crippen LogP contribution in [0.2, 0.25) is 0 Å². The lowest BCUT2D eigenvalue weighted by Crippen LogP contribution is -2.24. The Morgan fingerprint density at radius 1 is 1.42 bits per heavy atom. The van der Waals surface area contributed by atoms with E-state index < -0.39 is 5.97 Å². The summed E-state index contributed by atoms with van der Waals surface area (Å²) in [6, 6.07) is 8.35. The minimum absolute atomic E-state index is 0.0515. The van der Waals surface area contributed by atoms with Gasteiger partial charge in [0.15, 0.2) is 0 Å². The summed E-state index contributed by atoms with van der Waals surface area (Å²) in [6.45, 7) is 4.95. The molecule has 19 heavy (non-hydrogen) atoms. The third kappa shape index (κ3) is 2.98. The van der Waals surface area contributed by atoms with Gasteiger partial charge in [-0.25, -0.2) is 0 Å². The van der Waals surface area contributed by atoms with Crippen LogP contribution in [0.1, 0.15) is 44.2 Å². The van der Waals surface area contributed by atoms with E-state index in [9.17, 15) is 4.79 Å². The van der Waals surface area contributed by atoms with Gasteiger partial charge in [-0.1, -0.05) is 38.1 Å². The van der Waals surface area contributed by atoms with Gasteiger partial charge in [-0.05, 0) is 24.0 Å². The number of carboxylic acid groups (broad SMARTS) is 1. The lowest BCUT2D eigenvalue weighted by molar-refractivity contribution is -0.137. The molecule has 0 aliphatic heterocycles. The molecule has 1 fully saturated rings. The first kappa shape index (κ1) is 14.1. The molecule has 1 aromatic rings. The Hall–Kier alpha value is -1.35. The smallest absolute Gasteiger partial charge is 0.304 e. The van der Waals surface area contributed by atoms with Gasteiger partial charge in [0.25, 0.3) is 0 Å². The number of carbonyl (C=O) groups is 1. The number of methoxy groups -OCH3 is 1. The molecule has 0 atom stereocenters. The van der Waals surface area contributed by atoms with Gasteiger partial charge in [0.1, 0.15) is 0 Å². The summed E-state index contributed by atoms with van der Waals surface area (Å²) in [4.78, 5) is 11.0. The zero-order valence-electron chi connectivity index (χ0n) is 11.9. The fourth-order valence-electron chi connectivity index (χ4n) is 2.72. The van der Waals surface area contributed by atoms with Gasteiger partial charge in [-0.2, -0.15) is 0 Å². The lowest BCUT2D eigenvalue weighted by atomic mass is 9.82. The zero-order valence-corrected chi connectivity index (χ0v) is 11.9. The summed E-state index contributed by atoms with van der Waals surface area (Å²) in [7, 11) is 1.71. The van der Waals surface area contributed by atoms with Crippen LogP contribution in [-0.4, -0.2) is 24.8 Å². The maximum Gasteiger partial charge on any atom is 0.304 e. The predicted octanol–water partition coefficient (Wildman–Crippen LogP) is 3.12. The molecule has 0 amide bonds. The molecule has 0 bridgehead atoms.